The van der Waals surface area contributed by atoms with E-state index in [9.17, 15) is 5.21 Å². The normalized spacial score (nSPS) is 22.4. The van der Waals surface area contributed by atoms with Crippen molar-refractivity contribution in [1.82, 2.24) is 0 Å². The van der Waals surface area contributed by atoms with E-state index < -0.39 is 0 Å². The molecule has 1 saturated carbocycles. The van der Waals surface area contributed by atoms with Gasteiger partial charge < -0.3 is 5.21 Å². The van der Waals surface area contributed by atoms with Gasteiger partial charge in [-0.1, -0.05) is 60.1 Å². The van der Waals surface area contributed by atoms with Crippen molar-refractivity contribution in [1.29, 1.82) is 0 Å². The van der Waals surface area contributed by atoms with E-state index in [1.54, 1.807) is 11.8 Å². The summed E-state index contributed by atoms with van der Waals surface area (Å²) in [6, 6.07) is 15.6. The molecule has 3 aliphatic rings. The van der Waals surface area contributed by atoms with Crippen molar-refractivity contribution in [3.05, 3.63) is 53.6 Å². The first-order chi connectivity index (χ1) is 13.3. The molecule has 2 aromatic rings. The molecule has 4 heteroatoms. The summed E-state index contributed by atoms with van der Waals surface area (Å²) in [7, 11) is 0. The number of oxime groups is 1. The highest BCUT2D eigenvalue weighted by molar-refractivity contribution is 8.05. The zero-order valence-corrected chi connectivity index (χ0v) is 16.9. The zero-order valence-electron chi connectivity index (χ0n) is 15.2. The van der Waals surface area contributed by atoms with E-state index in [1.807, 2.05) is 23.5 Å². The van der Waals surface area contributed by atoms with Crippen molar-refractivity contribution in [3.63, 3.8) is 0 Å². The van der Waals surface area contributed by atoms with Gasteiger partial charge in [-0.15, -0.1) is 5.16 Å². The van der Waals surface area contributed by atoms with Gasteiger partial charge in [-0.3, -0.25) is 0 Å². The van der Waals surface area contributed by atoms with Crippen LogP contribution in [-0.2, 0) is 0 Å². The van der Waals surface area contributed by atoms with Gasteiger partial charge in [-0.05, 0) is 67.0 Å². The fraction of sp³-hybridized carbons (Fsp3) is 0.348. The van der Waals surface area contributed by atoms with Crippen LogP contribution < -0.4 is 0 Å². The molecule has 1 atom stereocenters. The summed E-state index contributed by atoms with van der Waals surface area (Å²) in [5.41, 5.74) is 4.39. The van der Waals surface area contributed by atoms with E-state index in [1.165, 1.54) is 56.4 Å². The molecule has 0 radical (unpaired) electrons. The summed E-state index contributed by atoms with van der Waals surface area (Å²) in [5, 5.41) is 12.6. The Morgan fingerprint density at radius 3 is 2.33 bits per heavy atom. The number of allylic oxidation sites excluding steroid dienone is 2. The Hall–Kier alpha value is -1.65. The Morgan fingerprint density at radius 2 is 1.59 bits per heavy atom. The Bertz CT molecular complexity index is 928. The largest absolute Gasteiger partial charge is 0.411 e. The minimum atomic E-state index is 0.247. The summed E-state index contributed by atoms with van der Waals surface area (Å²) < 4.78 is 0. The monoisotopic (exact) mass is 393 g/mol. The Labute approximate surface area is 169 Å². The zero-order chi connectivity index (χ0) is 18.2. The molecule has 0 saturated heterocycles. The molecule has 0 bridgehead atoms. The third kappa shape index (κ3) is 3.23. The molecular formula is C23H23NOS2. The summed E-state index contributed by atoms with van der Waals surface area (Å²) in [6.45, 7) is 0. The molecule has 2 aromatic carbocycles. The van der Waals surface area contributed by atoms with E-state index in [-0.39, 0.29) is 5.92 Å². The molecule has 27 heavy (non-hydrogen) atoms. The molecule has 1 aliphatic heterocycles. The summed E-state index contributed by atoms with van der Waals surface area (Å²) in [4.78, 5) is 5.38. The SMILES string of the molecule is ON=CC1CCC(C2CCCC2)=C1c1ccc2c(c1)Sc1ccccc1S2. The van der Waals surface area contributed by atoms with Gasteiger partial charge in [0.15, 0.2) is 0 Å². The molecule has 0 spiro atoms. The molecule has 1 unspecified atom stereocenters. The van der Waals surface area contributed by atoms with Crippen LogP contribution in [0.2, 0.25) is 0 Å². The van der Waals surface area contributed by atoms with E-state index in [0.717, 1.165) is 18.8 Å². The number of hydrogen-bond acceptors (Lipinski definition) is 4. The fourth-order valence-corrected chi connectivity index (χ4v) is 7.11. The van der Waals surface area contributed by atoms with Crippen LogP contribution in [-0.4, -0.2) is 11.4 Å². The first-order valence-corrected chi connectivity index (χ1v) is 11.5. The molecule has 5 rings (SSSR count). The van der Waals surface area contributed by atoms with E-state index in [4.69, 9.17) is 0 Å². The molecule has 0 aromatic heterocycles. The number of nitrogens with zero attached hydrogens (tertiary/aromatic N) is 1. The summed E-state index contributed by atoms with van der Waals surface area (Å²) in [5.74, 6) is 0.980. The second-order valence-corrected chi connectivity index (χ2v) is 9.81. The maximum absolute atomic E-state index is 9.18. The molecule has 2 nitrogen and oxygen atoms in total. The maximum atomic E-state index is 9.18. The van der Waals surface area contributed by atoms with Crippen LogP contribution in [0.25, 0.3) is 5.57 Å². The van der Waals surface area contributed by atoms with Crippen LogP contribution in [0.5, 0.6) is 0 Å². The minimum Gasteiger partial charge on any atom is -0.411 e. The second-order valence-electron chi connectivity index (χ2n) is 7.64. The maximum Gasteiger partial charge on any atom is 0.0511 e. The third-order valence-electron chi connectivity index (χ3n) is 6.08. The van der Waals surface area contributed by atoms with Gasteiger partial charge in [0, 0.05) is 25.5 Å². The molecule has 1 fully saturated rings. The lowest BCUT2D eigenvalue weighted by atomic mass is 9.89. The molecule has 1 heterocycles. The van der Waals surface area contributed by atoms with Gasteiger partial charge in [-0.25, -0.2) is 0 Å². The van der Waals surface area contributed by atoms with Gasteiger partial charge in [0.25, 0.3) is 0 Å². The fourth-order valence-electron chi connectivity index (χ4n) is 4.85. The highest BCUT2D eigenvalue weighted by Gasteiger charge is 2.32. The molecule has 0 amide bonds. The Balaban J connectivity index is 1.55. The molecule has 2 aliphatic carbocycles. The van der Waals surface area contributed by atoms with Crippen LogP contribution in [0, 0.1) is 11.8 Å². The summed E-state index contributed by atoms with van der Waals surface area (Å²) in [6.07, 6.45) is 9.33. The van der Waals surface area contributed by atoms with Crippen LogP contribution in [0.1, 0.15) is 44.1 Å². The first-order valence-electron chi connectivity index (χ1n) is 9.83. The van der Waals surface area contributed by atoms with E-state index >= 15 is 0 Å². The molecular weight excluding hydrogens is 370 g/mol. The average molecular weight is 394 g/mol. The van der Waals surface area contributed by atoms with Crippen molar-refractivity contribution in [2.24, 2.45) is 17.0 Å². The average Bonchev–Trinajstić information content (AvgIpc) is 3.36. The predicted octanol–water partition coefficient (Wildman–Crippen LogP) is 7.12. The molecule has 1 N–H and O–H groups in total. The topological polar surface area (TPSA) is 32.6 Å². The smallest absolute Gasteiger partial charge is 0.0511 e. The highest BCUT2D eigenvalue weighted by Crippen LogP contribution is 2.51. The number of benzene rings is 2. The quantitative estimate of drug-likeness (QED) is 0.292. The van der Waals surface area contributed by atoms with Crippen molar-refractivity contribution < 1.29 is 5.21 Å². The second kappa shape index (κ2) is 7.40. The number of fused-ring (bicyclic) bond motifs is 2. The van der Waals surface area contributed by atoms with Crippen molar-refractivity contribution in [3.8, 4) is 0 Å². The van der Waals surface area contributed by atoms with Crippen molar-refractivity contribution in [2.75, 3.05) is 0 Å². The highest BCUT2D eigenvalue weighted by atomic mass is 32.2. The van der Waals surface area contributed by atoms with E-state index in [2.05, 4.69) is 47.6 Å². The third-order valence-corrected chi connectivity index (χ3v) is 8.62. The van der Waals surface area contributed by atoms with Crippen LogP contribution in [0.4, 0.5) is 0 Å². The lowest BCUT2D eigenvalue weighted by molar-refractivity contribution is 0.319. The standard InChI is InChI=1S/C23H23NOS2/c25-24-14-17-9-11-18(15-5-1-2-6-15)23(17)16-10-12-21-22(13-16)27-20-8-4-3-7-19(20)26-21/h3-4,7-8,10,12-15,17,25H,1-2,5-6,9,11H2. The van der Waals surface area contributed by atoms with Gasteiger partial charge in [-0.2, -0.15) is 0 Å². The molecule has 138 valence electrons. The van der Waals surface area contributed by atoms with Crippen LogP contribution >= 0.6 is 23.5 Å². The van der Waals surface area contributed by atoms with E-state index in [0.29, 0.717) is 0 Å². The van der Waals surface area contributed by atoms with Crippen molar-refractivity contribution >= 4 is 35.3 Å². The van der Waals surface area contributed by atoms with Gasteiger partial charge in [0.1, 0.15) is 0 Å². The van der Waals surface area contributed by atoms with Gasteiger partial charge >= 0.3 is 0 Å². The van der Waals surface area contributed by atoms with Crippen LogP contribution in [0.3, 0.4) is 0 Å². The Morgan fingerprint density at radius 1 is 0.889 bits per heavy atom. The number of rotatable bonds is 3. The predicted molar refractivity (Wildman–Crippen MR) is 113 cm³/mol. The minimum absolute atomic E-state index is 0.247. The van der Waals surface area contributed by atoms with Gasteiger partial charge in [0.2, 0.25) is 0 Å². The Kier molecular flexibility index (Phi) is 4.78. The summed E-state index contributed by atoms with van der Waals surface area (Å²) >= 11 is 3.74. The van der Waals surface area contributed by atoms with Crippen molar-refractivity contribution in [2.45, 2.75) is 58.1 Å². The number of hydrogen-bond donors (Lipinski definition) is 1. The lowest BCUT2D eigenvalue weighted by Crippen LogP contribution is -2.04. The van der Waals surface area contributed by atoms with Gasteiger partial charge in [0.05, 0.1) is 6.21 Å². The lowest BCUT2D eigenvalue weighted by Gasteiger charge is -2.21. The first kappa shape index (κ1) is 17.4. The van der Waals surface area contributed by atoms with Crippen LogP contribution in [0.15, 0.2) is 72.8 Å².